The molecule has 5 heteroatoms. The number of hydrogen-bond donors (Lipinski definition) is 2. The molecule has 2 aromatic rings. The second-order valence-corrected chi connectivity index (χ2v) is 5.33. The first-order chi connectivity index (χ1) is 11.7. The zero-order chi connectivity index (χ0) is 17.2. The molecule has 0 radical (unpaired) electrons. The molecule has 0 heterocycles. The van der Waals surface area contributed by atoms with Gasteiger partial charge in [-0.3, -0.25) is 0 Å². The molecule has 24 heavy (non-hydrogen) atoms. The Bertz CT molecular complexity index is 671. The number of nitrogens with one attached hydrogen (secondary N) is 2. The van der Waals surface area contributed by atoms with Crippen LogP contribution in [0, 0.1) is 0 Å². The van der Waals surface area contributed by atoms with Gasteiger partial charge in [0.05, 0.1) is 17.9 Å². The number of urea groups is 1. The van der Waals surface area contributed by atoms with Gasteiger partial charge in [-0.05, 0) is 24.1 Å². The maximum absolute atomic E-state index is 12.1. The van der Waals surface area contributed by atoms with Crippen molar-refractivity contribution in [3.05, 3.63) is 65.7 Å². The van der Waals surface area contributed by atoms with E-state index >= 15 is 0 Å². The quantitative estimate of drug-likeness (QED) is 0.598. The monoisotopic (exact) mass is 326 g/mol. The van der Waals surface area contributed by atoms with Crippen LogP contribution in [0.25, 0.3) is 0 Å². The van der Waals surface area contributed by atoms with Crippen molar-refractivity contribution < 1.29 is 14.3 Å². The Hall–Kier alpha value is -2.82. The number of hydrogen-bond acceptors (Lipinski definition) is 3. The maximum Gasteiger partial charge on any atom is 0.340 e. The van der Waals surface area contributed by atoms with Crippen LogP contribution in [0.15, 0.2) is 54.6 Å². The van der Waals surface area contributed by atoms with E-state index in [1.54, 1.807) is 24.3 Å². The summed E-state index contributed by atoms with van der Waals surface area (Å²) in [4.78, 5) is 24.2. The normalized spacial score (nSPS) is 10.0. The van der Waals surface area contributed by atoms with E-state index in [-0.39, 0.29) is 6.03 Å². The fourth-order valence-electron chi connectivity index (χ4n) is 2.10. The van der Waals surface area contributed by atoms with Crippen molar-refractivity contribution in [1.82, 2.24) is 5.32 Å². The first kappa shape index (κ1) is 17.5. The number of rotatable bonds is 7. The van der Waals surface area contributed by atoms with Crippen LogP contribution < -0.4 is 10.6 Å². The van der Waals surface area contributed by atoms with Crippen molar-refractivity contribution in [2.45, 2.75) is 26.3 Å². The van der Waals surface area contributed by atoms with Gasteiger partial charge in [0.15, 0.2) is 0 Å². The Labute approximate surface area is 142 Å². The van der Waals surface area contributed by atoms with Crippen molar-refractivity contribution >= 4 is 17.7 Å². The van der Waals surface area contributed by atoms with Crippen molar-refractivity contribution in [3.63, 3.8) is 0 Å². The first-order valence-corrected chi connectivity index (χ1v) is 8.05. The van der Waals surface area contributed by atoms with Crippen LogP contribution in [0.2, 0.25) is 0 Å². The first-order valence-electron chi connectivity index (χ1n) is 8.05. The Morgan fingerprint density at radius 1 is 1.00 bits per heavy atom. The number of carbonyl (C=O) groups is 2. The van der Waals surface area contributed by atoms with Gasteiger partial charge in [-0.2, -0.15) is 0 Å². The molecule has 0 aliphatic carbocycles. The zero-order valence-corrected chi connectivity index (χ0v) is 13.7. The minimum atomic E-state index is -0.428. The molecule has 2 N–H and O–H groups in total. The summed E-state index contributed by atoms with van der Waals surface area (Å²) < 4.78 is 5.21. The number of carbonyl (C=O) groups excluding carboxylic acids is 2. The van der Waals surface area contributed by atoms with E-state index in [0.29, 0.717) is 24.4 Å². The lowest BCUT2D eigenvalue weighted by atomic mass is 10.2. The molecule has 0 unspecified atom stereocenters. The fraction of sp³-hybridized carbons (Fsp3) is 0.263. The Balaban J connectivity index is 1.94. The molecular formula is C19H22N2O3. The second-order valence-electron chi connectivity index (χ2n) is 5.33. The topological polar surface area (TPSA) is 67.4 Å². The average Bonchev–Trinajstić information content (AvgIpc) is 2.61. The highest BCUT2D eigenvalue weighted by molar-refractivity contribution is 6.00. The summed E-state index contributed by atoms with van der Waals surface area (Å²) in [6.45, 7) is 2.82. The molecule has 2 aromatic carbocycles. The molecule has 0 aliphatic heterocycles. The van der Waals surface area contributed by atoms with Crippen molar-refractivity contribution in [1.29, 1.82) is 0 Å². The number of ether oxygens (including phenoxy) is 1. The van der Waals surface area contributed by atoms with Crippen molar-refractivity contribution in [2.75, 3.05) is 11.9 Å². The number of benzene rings is 2. The van der Waals surface area contributed by atoms with Crippen molar-refractivity contribution in [2.24, 2.45) is 0 Å². The van der Waals surface area contributed by atoms with Gasteiger partial charge in [0.2, 0.25) is 0 Å². The van der Waals surface area contributed by atoms with Gasteiger partial charge in [-0.25, -0.2) is 9.59 Å². The Morgan fingerprint density at radius 2 is 1.71 bits per heavy atom. The summed E-state index contributed by atoms with van der Waals surface area (Å²) in [5.41, 5.74) is 1.79. The molecular weight excluding hydrogens is 304 g/mol. The summed E-state index contributed by atoms with van der Waals surface area (Å²) in [6.07, 6.45) is 1.77. The van der Waals surface area contributed by atoms with Gasteiger partial charge in [-0.1, -0.05) is 55.8 Å². The van der Waals surface area contributed by atoms with Crippen LogP contribution in [0.3, 0.4) is 0 Å². The smallest absolute Gasteiger partial charge is 0.340 e. The summed E-state index contributed by atoms with van der Waals surface area (Å²) in [7, 11) is 0. The molecule has 0 bridgehead atoms. The van der Waals surface area contributed by atoms with Crippen LogP contribution in [-0.2, 0) is 11.3 Å². The van der Waals surface area contributed by atoms with E-state index in [4.69, 9.17) is 4.74 Å². The number of unbranched alkanes of at least 4 members (excludes halogenated alkanes) is 1. The molecule has 0 spiro atoms. The molecule has 2 rings (SSSR count). The summed E-state index contributed by atoms with van der Waals surface area (Å²) in [6, 6.07) is 16.1. The van der Waals surface area contributed by atoms with Gasteiger partial charge in [-0.15, -0.1) is 0 Å². The van der Waals surface area contributed by atoms with Crippen LogP contribution in [0.4, 0.5) is 10.5 Å². The van der Waals surface area contributed by atoms with Crippen LogP contribution in [-0.4, -0.2) is 18.6 Å². The molecule has 0 saturated carbocycles. The molecule has 0 aromatic heterocycles. The van der Waals surface area contributed by atoms with Crippen LogP contribution in [0.5, 0.6) is 0 Å². The molecule has 5 nitrogen and oxygen atoms in total. The SMILES string of the molecule is CCCCOC(=O)c1ccccc1NC(=O)NCc1ccccc1. The molecule has 2 amide bonds. The number of para-hydroxylation sites is 1. The van der Waals surface area contributed by atoms with E-state index in [0.717, 1.165) is 18.4 Å². The van der Waals surface area contributed by atoms with E-state index in [1.807, 2.05) is 37.3 Å². The predicted octanol–water partition coefficient (Wildman–Crippen LogP) is 3.97. The predicted molar refractivity (Wildman–Crippen MR) is 93.9 cm³/mol. The zero-order valence-electron chi connectivity index (χ0n) is 13.7. The standard InChI is InChI=1S/C19H22N2O3/c1-2-3-13-24-18(22)16-11-7-8-12-17(16)21-19(23)20-14-15-9-5-4-6-10-15/h4-12H,2-3,13-14H2,1H3,(H2,20,21,23). The van der Waals surface area contributed by atoms with Gasteiger partial charge in [0.1, 0.15) is 0 Å². The highest BCUT2D eigenvalue weighted by atomic mass is 16.5. The lowest BCUT2D eigenvalue weighted by Crippen LogP contribution is -2.29. The van der Waals surface area contributed by atoms with E-state index in [9.17, 15) is 9.59 Å². The summed E-state index contributed by atoms with van der Waals surface area (Å²) in [5.74, 6) is -0.428. The highest BCUT2D eigenvalue weighted by Gasteiger charge is 2.14. The third-order valence-electron chi connectivity index (χ3n) is 3.42. The minimum absolute atomic E-state index is 0.350. The van der Waals surface area contributed by atoms with Gasteiger partial charge < -0.3 is 15.4 Å². The molecule has 0 saturated heterocycles. The second kappa shape index (κ2) is 9.35. The molecule has 0 atom stereocenters. The highest BCUT2D eigenvalue weighted by Crippen LogP contribution is 2.16. The van der Waals surface area contributed by atoms with Gasteiger partial charge in [0.25, 0.3) is 0 Å². The number of amides is 2. The Morgan fingerprint density at radius 3 is 2.46 bits per heavy atom. The largest absolute Gasteiger partial charge is 0.462 e. The molecule has 0 aliphatic rings. The summed E-state index contributed by atoms with van der Waals surface area (Å²) >= 11 is 0. The van der Waals surface area contributed by atoms with E-state index in [1.165, 1.54) is 0 Å². The van der Waals surface area contributed by atoms with Crippen LogP contribution >= 0.6 is 0 Å². The van der Waals surface area contributed by atoms with Crippen LogP contribution in [0.1, 0.15) is 35.7 Å². The fourth-order valence-corrected chi connectivity index (χ4v) is 2.10. The number of anilines is 1. The summed E-state index contributed by atoms with van der Waals surface area (Å²) in [5, 5.41) is 5.46. The molecule has 126 valence electrons. The number of esters is 1. The lowest BCUT2D eigenvalue weighted by Gasteiger charge is -2.11. The third kappa shape index (κ3) is 5.43. The maximum atomic E-state index is 12.1. The Kier molecular flexibility index (Phi) is 6.83. The average molecular weight is 326 g/mol. The minimum Gasteiger partial charge on any atom is -0.462 e. The van der Waals surface area contributed by atoms with Gasteiger partial charge in [0, 0.05) is 6.54 Å². The third-order valence-corrected chi connectivity index (χ3v) is 3.42. The van der Waals surface area contributed by atoms with E-state index < -0.39 is 5.97 Å². The molecule has 0 fully saturated rings. The van der Waals surface area contributed by atoms with Crippen molar-refractivity contribution in [3.8, 4) is 0 Å². The van der Waals surface area contributed by atoms with E-state index in [2.05, 4.69) is 10.6 Å². The lowest BCUT2D eigenvalue weighted by molar-refractivity contribution is 0.0501. The van der Waals surface area contributed by atoms with Gasteiger partial charge >= 0.3 is 12.0 Å².